The molecule has 0 radical (unpaired) electrons. The highest BCUT2D eigenvalue weighted by Crippen LogP contribution is 2.22. The van der Waals surface area contributed by atoms with E-state index in [0.29, 0.717) is 19.8 Å². The third-order valence-electron chi connectivity index (χ3n) is 3.80. The highest BCUT2D eigenvalue weighted by atomic mass is 19.1. The molecule has 0 aromatic heterocycles. The van der Waals surface area contributed by atoms with Crippen LogP contribution in [0.2, 0.25) is 0 Å². The normalized spacial score (nSPS) is 15.6. The van der Waals surface area contributed by atoms with Crippen molar-refractivity contribution in [3.8, 4) is 12.3 Å². The second kappa shape index (κ2) is 7.67. The Labute approximate surface area is 142 Å². The average molecular weight is 333 g/mol. The lowest BCUT2D eigenvalue weighted by Gasteiger charge is -2.35. The number of rotatable bonds is 3. The van der Waals surface area contributed by atoms with Crippen molar-refractivity contribution in [2.45, 2.75) is 51.8 Å². The highest BCUT2D eigenvalue weighted by Gasteiger charge is 2.29. The SMILES string of the molecule is C#Cc1cc(CN(C(=O)OC(C)(C)C)C2CCOCC2)ccc1F. The second-order valence-electron chi connectivity index (χ2n) is 6.91. The van der Waals surface area contributed by atoms with Gasteiger partial charge in [0.15, 0.2) is 0 Å². The molecule has 0 saturated carbocycles. The van der Waals surface area contributed by atoms with Crippen molar-refractivity contribution < 1.29 is 18.7 Å². The number of benzene rings is 1. The van der Waals surface area contributed by atoms with Gasteiger partial charge in [0.1, 0.15) is 11.4 Å². The minimum Gasteiger partial charge on any atom is -0.444 e. The van der Waals surface area contributed by atoms with E-state index in [-0.39, 0.29) is 17.7 Å². The number of hydrogen-bond donors (Lipinski definition) is 0. The molecule has 1 amide bonds. The standard InChI is InChI=1S/C19H24FNO3/c1-5-15-12-14(6-7-17(15)20)13-21(16-8-10-23-11-9-16)18(22)24-19(2,3)4/h1,6-7,12,16H,8-11,13H2,2-4H3. The van der Waals surface area contributed by atoms with E-state index in [2.05, 4.69) is 5.92 Å². The smallest absolute Gasteiger partial charge is 0.410 e. The van der Waals surface area contributed by atoms with E-state index in [0.717, 1.165) is 18.4 Å². The van der Waals surface area contributed by atoms with E-state index < -0.39 is 11.4 Å². The van der Waals surface area contributed by atoms with Gasteiger partial charge in [-0.15, -0.1) is 6.42 Å². The minimum atomic E-state index is -0.576. The van der Waals surface area contributed by atoms with Gasteiger partial charge in [0.2, 0.25) is 0 Å². The molecular weight excluding hydrogens is 309 g/mol. The zero-order valence-corrected chi connectivity index (χ0v) is 14.5. The Kier molecular flexibility index (Phi) is 5.84. The molecule has 0 aliphatic carbocycles. The van der Waals surface area contributed by atoms with E-state index in [1.807, 2.05) is 20.8 Å². The van der Waals surface area contributed by atoms with Gasteiger partial charge in [0.25, 0.3) is 0 Å². The van der Waals surface area contributed by atoms with Gasteiger partial charge in [-0.25, -0.2) is 9.18 Å². The lowest BCUT2D eigenvalue weighted by atomic mass is 10.1. The van der Waals surface area contributed by atoms with E-state index in [1.165, 1.54) is 6.07 Å². The number of carbonyl (C=O) groups is 1. The van der Waals surface area contributed by atoms with Crippen LogP contribution in [0.5, 0.6) is 0 Å². The van der Waals surface area contributed by atoms with Gasteiger partial charge in [0, 0.05) is 25.8 Å². The maximum Gasteiger partial charge on any atom is 0.410 e. The molecule has 0 bridgehead atoms. The van der Waals surface area contributed by atoms with Crippen LogP contribution in [0.1, 0.15) is 44.7 Å². The fourth-order valence-electron chi connectivity index (χ4n) is 2.64. The molecule has 1 heterocycles. The van der Waals surface area contributed by atoms with Gasteiger partial charge in [-0.2, -0.15) is 0 Å². The van der Waals surface area contributed by atoms with Gasteiger partial charge in [-0.1, -0.05) is 12.0 Å². The van der Waals surface area contributed by atoms with Crippen LogP contribution < -0.4 is 0 Å². The first kappa shape index (κ1) is 18.3. The maximum atomic E-state index is 13.6. The summed E-state index contributed by atoms with van der Waals surface area (Å²) in [5.41, 5.74) is 0.401. The van der Waals surface area contributed by atoms with E-state index in [4.69, 9.17) is 15.9 Å². The Morgan fingerprint density at radius 1 is 1.42 bits per heavy atom. The van der Waals surface area contributed by atoms with Crippen molar-refractivity contribution in [1.82, 2.24) is 4.90 Å². The van der Waals surface area contributed by atoms with E-state index >= 15 is 0 Å². The zero-order valence-electron chi connectivity index (χ0n) is 14.5. The number of carbonyl (C=O) groups excluding carboxylic acids is 1. The predicted molar refractivity (Wildman–Crippen MR) is 90.0 cm³/mol. The van der Waals surface area contributed by atoms with Crippen LogP contribution in [0.15, 0.2) is 18.2 Å². The van der Waals surface area contributed by atoms with Crippen LogP contribution in [0, 0.1) is 18.2 Å². The summed E-state index contributed by atoms with van der Waals surface area (Å²) in [5, 5.41) is 0. The predicted octanol–water partition coefficient (Wildman–Crippen LogP) is 3.72. The molecular formula is C19H24FNO3. The summed E-state index contributed by atoms with van der Waals surface area (Å²) in [6, 6.07) is 4.62. The molecule has 0 atom stereocenters. The Balaban J connectivity index is 2.22. The Bertz CT molecular complexity index is 624. The third kappa shape index (κ3) is 4.97. The number of nitrogens with zero attached hydrogens (tertiary/aromatic N) is 1. The van der Waals surface area contributed by atoms with Gasteiger partial charge < -0.3 is 14.4 Å². The molecule has 0 unspecified atom stereocenters. The molecule has 24 heavy (non-hydrogen) atoms. The van der Waals surface area contributed by atoms with Crippen molar-refractivity contribution in [2.24, 2.45) is 0 Å². The number of amides is 1. The molecule has 1 saturated heterocycles. The molecule has 1 aromatic rings. The summed E-state index contributed by atoms with van der Waals surface area (Å²) in [7, 11) is 0. The molecule has 0 N–H and O–H groups in total. The van der Waals surface area contributed by atoms with Crippen molar-refractivity contribution >= 4 is 6.09 Å². The first-order valence-corrected chi connectivity index (χ1v) is 8.12. The van der Waals surface area contributed by atoms with Crippen LogP contribution >= 0.6 is 0 Å². The Morgan fingerprint density at radius 2 is 2.08 bits per heavy atom. The van der Waals surface area contributed by atoms with Gasteiger partial charge in [0.05, 0.1) is 5.56 Å². The van der Waals surface area contributed by atoms with Crippen LogP contribution in [0.3, 0.4) is 0 Å². The third-order valence-corrected chi connectivity index (χ3v) is 3.80. The van der Waals surface area contributed by atoms with Crippen molar-refractivity contribution in [1.29, 1.82) is 0 Å². The lowest BCUT2D eigenvalue weighted by molar-refractivity contribution is -0.00808. The molecule has 1 aliphatic rings. The van der Waals surface area contributed by atoms with E-state index in [9.17, 15) is 9.18 Å². The van der Waals surface area contributed by atoms with Crippen molar-refractivity contribution in [3.05, 3.63) is 35.1 Å². The summed E-state index contributed by atoms with van der Waals surface area (Å²) in [6.07, 6.45) is 6.46. The summed E-state index contributed by atoms with van der Waals surface area (Å²) in [5.74, 6) is 1.89. The highest BCUT2D eigenvalue weighted by molar-refractivity contribution is 5.68. The molecule has 1 aliphatic heterocycles. The molecule has 2 rings (SSSR count). The van der Waals surface area contributed by atoms with Crippen LogP contribution in [-0.2, 0) is 16.0 Å². The second-order valence-corrected chi connectivity index (χ2v) is 6.91. The maximum absolute atomic E-state index is 13.6. The van der Waals surface area contributed by atoms with Crippen molar-refractivity contribution in [2.75, 3.05) is 13.2 Å². The summed E-state index contributed by atoms with van der Waals surface area (Å²) >= 11 is 0. The number of halogens is 1. The topological polar surface area (TPSA) is 38.8 Å². The number of ether oxygens (including phenoxy) is 2. The number of terminal acetylenes is 1. The molecule has 5 heteroatoms. The first-order valence-electron chi connectivity index (χ1n) is 8.12. The van der Waals surface area contributed by atoms with Gasteiger partial charge >= 0.3 is 6.09 Å². The van der Waals surface area contributed by atoms with Crippen LogP contribution in [0.4, 0.5) is 9.18 Å². The summed E-state index contributed by atoms with van der Waals surface area (Å²) < 4.78 is 24.5. The lowest BCUT2D eigenvalue weighted by Crippen LogP contribution is -2.45. The zero-order chi connectivity index (χ0) is 17.7. The Morgan fingerprint density at radius 3 is 2.67 bits per heavy atom. The van der Waals surface area contributed by atoms with Crippen LogP contribution in [-0.4, -0.2) is 35.8 Å². The number of hydrogen-bond acceptors (Lipinski definition) is 3. The monoisotopic (exact) mass is 333 g/mol. The average Bonchev–Trinajstić information content (AvgIpc) is 2.53. The quantitative estimate of drug-likeness (QED) is 0.791. The largest absolute Gasteiger partial charge is 0.444 e. The van der Waals surface area contributed by atoms with Crippen LogP contribution in [0.25, 0.3) is 0 Å². The summed E-state index contributed by atoms with van der Waals surface area (Å²) in [4.78, 5) is 14.3. The van der Waals surface area contributed by atoms with Gasteiger partial charge in [-0.05, 0) is 51.3 Å². The van der Waals surface area contributed by atoms with Gasteiger partial charge in [-0.3, -0.25) is 0 Å². The van der Waals surface area contributed by atoms with E-state index in [1.54, 1.807) is 17.0 Å². The fraction of sp³-hybridized carbons (Fsp3) is 0.526. The summed E-state index contributed by atoms with van der Waals surface area (Å²) in [6.45, 7) is 7.06. The Hall–Kier alpha value is -2.06. The molecule has 1 fully saturated rings. The van der Waals surface area contributed by atoms with Crippen molar-refractivity contribution in [3.63, 3.8) is 0 Å². The molecule has 130 valence electrons. The fourth-order valence-corrected chi connectivity index (χ4v) is 2.64. The minimum absolute atomic E-state index is 0.0351. The molecule has 1 aromatic carbocycles. The molecule has 0 spiro atoms. The first-order chi connectivity index (χ1) is 11.3. The molecule has 4 nitrogen and oxygen atoms in total.